The molecule has 3 aromatic carbocycles. The Kier molecular flexibility index (Phi) is 5.94. The molecule has 0 radical (unpaired) electrons. The molecule has 4 aromatic rings. The maximum absolute atomic E-state index is 12.9. The summed E-state index contributed by atoms with van der Waals surface area (Å²) in [7, 11) is 0. The molecule has 1 heterocycles. The van der Waals surface area contributed by atoms with Gasteiger partial charge in [0.25, 0.3) is 0 Å². The van der Waals surface area contributed by atoms with E-state index < -0.39 is 0 Å². The summed E-state index contributed by atoms with van der Waals surface area (Å²) >= 11 is 0. The molecule has 0 fully saturated rings. The SMILES string of the molecule is CC(C)(C)c1ccc(C(CC(=O)NCc2ccccc2)c2c[nH]c3ccccc23)cc1. The van der Waals surface area contributed by atoms with Gasteiger partial charge in [-0.1, -0.05) is 93.6 Å². The van der Waals surface area contributed by atoms with Crippen LogP contribution in [0, 0.1) is 0 Å². The summed E-state index contributed by atoms with van der Waals surface area (Å²) in [5, 5.41) is 4.27. The number of aromatic nitrogens is 1. The average molecular weight is 411 g/mol. The van der Waals surface area contributed by atoms with Crippen LogP contribution in [0.25, 0.3) is 10.9 Å². The van der Waals surface area contributed by atoms with Crippen molar-refractivity contribution in [1.82, 2.24) is 10.3 Å². The van der Waals surface area contributed by atoms with E-state index in [0.29, 0.717) is 13.0 Å². The van der Waals surface area contributed by atoms with Crippen molar-refractivity contribution in [2.24, 2.45) is 0 Å². The first kappa shape index (κ1) is 20.9. The van der Waals surface area contributed by atoms with Crippen LogP contribution in [-0.2, 0) is 16.8 Å². The quantitative estimate of drug-likeness (QED) is 0.385. The van der Waals surface area contributed by atoms with Gasteiger partial charge in [-0.05, 0) is 33.7 Å². The van der Waals surface area contributed by atoms with Gasteiger partial charge in [0.05, 0.1) is 0 Å². The highest BCUT2D eigenvalue weighted by Gasteiger charge is 2.22. The lowest BCUT2D eigenvalue weighted by Gasteiger charge is -2.22. The van der Waals surface area contributed by atoms with E-state index in [1.165, 1.54) is 10.9 Å². The summed E-state index contributed by atoms with van der Waals surface area (Å²) in [6, 6.07) is 27.1. The molecule has 0 bridgehead atoms. The van der Waals surface area contributed by atoms with Crippen molar-refractivity contribution in [2.75, 3.05) is 0 Å². The van der Waals surface area contributed by atoms with Gasteiger partial charge < -0.3 is 10.3 Å². The highest BCUT2D eigenvalue weighted by Crippen LogP contribution is 2.34. The molecule has 3 heteroatoms. The molecule has 0 saturated carbocycles. The third-order valence-corrected chi connectivity index (χ3v) is 5.90. The molecule has 0 spiro atoms. The average Bonchev–Trinajstić information content (AvgIpc) is 3.20. The van der Waals surface area contributed by atoms with E-state index in [1.54, 1.807) is 0 Å². The fraction of sp³-hybridized carbons (Fsp3) is 0.250. The minimum Gasteiger partial charge on any atom is -0.361 e. The van der Waals surface area contributed by atoms with Crippen LogP contribution in [0.2, 0.25) is 0 Å². The number of H-pyrrole nitrogens is 1. The van der Waals surface area contributed by atoms with E-state index in [1.807, 2.05) is 36.4 Å². The number of carbonyl (C=O) groups excluding carboxylic acids is 1. The van der Waals surface area contributed by atoms with E-state index >= 15 is 0 Å². The molecule has 1 aromatic heterocycles. The summed E-state index contributed by atoms with van der Waals surface area (Å²) in [6.45, 7) is 7.20. The van der Waals surface area contributed by atoms with Gasteiger partial charge in [-0.15, -0.1) is 0 Å². The molecule has 1 atom stereocenters. The number of hydrogen-bond donors (Lipinski definition) is 2. The summed E-state index contributed by atoms with van der Waals surface area (Å²) in [5.74, 6) is 0.0416. The lowest BCUT2D eigenvalue weighted by Crippen LogP contribution is -2.25. The van der Waals surface area contributed by atoms with Gasteiger partial charge >= 0.3 is 0 Å². The fourth-order valence-corrected chi connectivity index (χ4v) is 4.06. The Morgan fingerprint density at radius 2 is 1.58 bits per heavy atom. The van der Waals surface area contributed by atoms with Crippen LogP contribution in [0.1, 0.15) is 55.4 Å². The minimum atomic E-state index is -0.0130. The van der Waals surface area contributed by atoms with E-state index in [4.69, 9.17) is 0 Å². The van der Waals surface area contributed by atoms with Gasteiger partial charge in [-0.3, -0.25) is 4.79 Å². The number of amides is 1. The minimum absolute atomic E-state index is 0.0130. The topological polar surface area (TPSA) is 44.9 Å². The van der Waals surface area contributed by atoms with Crippen LogP contribution in [-0.4, -0.2) is 10.9 Å². The first-order chi connectivity index (χ1) is 14.9. The molecular weight excluding hydrogens is 380 g/mol. The van der Waals surface area contributed by atoms with Crippen LogP contribution in [0.15, 0.2) is 85.1 Å². The number of carbonyl (C=O) groups is 1. The molecule has 158 valence electrons. The Morgan fingerprint density at radius 1 is 0.903 bits per heavy atom. The number of hydrogen-bond acceptors (Lipinski definition) is 1. The zero-order chi connectivity index (χ0) is 21.8. The van der Waals surface area contributed by atoms with Crippen LogP contribution in [0.5, 0.6) is 0 Å². The normalized spacial score (nSPS) is 12.6. The van der Waals surface area contributed by atoms with E-state index in [0.717, 1.165) is 22.2 Å². The van der Waals surface area contributed by atoms with E-state index in [9.17, 15) is 4.79 Å². The molecule has 1 amide bonds. The van der Waals surface area contributed by atoms with Crippen molar-refractivity contribution in [3.63, 3.8) is 0 Å². The van der Waals surface area contributed by atoms with Crippen molar-refractivity contribution >= 4 is 16.8 Å². The van der Waals surface area contributed by atoms with Crippen molar-refractivity contribution in [3.05, 3.63) is 107 Å². The third-order valence-electron chi connectivity index (χ3n) is 5.90. The summed E-state index contributed by atoms with van der Waals surface area (Å²) in [6.07, 6.45) is 2.46. The Bertz CT molecular complexity index is 1150. The van der Waals surface area contributed by atoms with Gasteiger partial charge in [0.1, 0.15) is 0 Å². The fourth-order valence-electron chi connectivity index (χ4n) is 4.06. The molecule has 0 aliphatic rings. The monoisotopic (exact) mass is 410 g/mol. The molecule has 2 N–H and O–H groups in total. The number of fused-ring (bicyclic) bond motifs is 1. The first-order valence-corrected chi connectivity index (χ1v) is 10.9. The number of rotatable bonds is 6. The number of benzene rings is 3. The molecule has 0 aliphatic carbocycles. The van der Waals surface area contributed by atoms with Gasteiger partial charge in [0.15, 0.2) is 0 Å². The Morgan fingerprint density at radius 3 is 2.29 bits per heavy atom. The number of aromatic amines is 1. The van der Waals surface area contributed by atoms with Crippen LogP contribution in [0.3, 0.4) is 0 Å². The van der Waals surface area contributed by atoms with Gasteiger partial charge in [-0.25, -0.2) is 0 Å². The molecule has 4 rings (SSSR count). The number of nitrogens with one attached hydrogen (secondary N) is 2. The van der Waals surface area contributed by atoms with Crippen molar-refractivity contribution < 1.29 is 4.79 Å². The van der Waals surface area contributed by atoms with Crippen LogP contribution < -0.4 is 5.32 Å². The Hall–Kier alpha value is -3.33. The second kappa shape index (κ2) is 8.81. The van der Waals surface area contributed by atoms with Crippen LogP contribution in [0.4, 0.5) is 0 Å². The maximum Gasteiger partial charge on any atom is 0.221 e. The zero-order valence-corrected chi connectivity index (χ0v) is 18.5. The second-order valence-electron chi connectivity index (χ2n) is 9.18. The van der Waals surface area contributed by atoms with Crippen molar-refractivity contribution in [3.8, 4) is 0 Å². The highest BCUT2D eigenvalue weighted by atomic mass is 16.1. The second-order valence-corrected chi connectivity index (χ2v) is 9.18. The number of para-hydroxylation sites is 1. The standard InChI is InChI=1S/C28H30N2O/c1-28(2,3)22-15-13-21(14-16-22)24(25-19-29-26-12-8-7-11-23(25)26)17-27(31)30-18-20-9-5-4-6-10-20/h4-16,19,24,29H,17-18H2,1-3H3,(H,30,31). The largest absolute Gasteiger partial charge is 0.361 e. The summed E-state index contributed by atoms with van der Waals surface area (Å²) in [5.41, 5.74) is 5.92. The lowest BCUT2D eigenvalue weighted by molar-refractivity contribution is -0.121. The predicted octanol–water partition coefficient (Wildman–Crippen LogP) is 6.30. The molecule has 1 unspecified atom stereocenters. The lowest BCUT2D eigenvalue weighted by atomic mass is 9.83. The smallest absolute Gasteiger partial charge is 0.221 e. The summed E-state index contributed by atoms with van der Waals surface area (Å²) in [4.78, 5) is 16.3. The molecular formula is C28H30N2O. The van der Waals surface area contributed by atoms with Crippen molar-refractivity contribution in [1.29, 1.82) is 0 Å². The Balaban J connectivity index is 1.62. The molecule has 0 aliphatic heterocycles. The molecule has 31 heavy (non-hydrogen) atoms. The predicted molar refractivity (Wildman–Crippen MR) is 128 cm³/mol. The highest BCUT2D eigenvalue weighted by molar-refractivity contribution is 5.86. The van der Waals surface area contributed by atoms with Crippen molar-refractivity contribution in [2.45, 2.75) is 45.1 Å². The maximum atomic E-state index is 12.9. The van der Waals surface area contributed by atoms with E-state index in [2.05, 4.69) is 79.7 Å². The zero-order valence-electron chi connectivity index (χ0n) is 18.5. The first-order valence-electron chi connectivity index (χ1n) is 10.9. The van der Waals surface area contributed by atoms with E-state index in [-0.39, 0.29) is 17.2 Å². The van der Waals surface area contributed by atoms with Gasteiger partial charge in [0.2, 0.25) is 5.91 Å². The van der Waals surface area contributed by atoms with Gasteiger partial charge in [0, 0.05) is 36.0 Å². The van der Waals surface area contributed by atoms with Crippen LogP contribution >= 0.6 is 0 Å². The molecule has 3 nitrogen and oxygen atoms in total. The summed E-state index contributed by atoms with van der Waals surface area (Å²) < 4.78 is 0. The third kappa shape index (κ3) is 4.88. The molecule has 0 saturated heterocycles. The van der Waals surface area contributed by atoms with Gasteiger partial charge in [-0.2, -0.15) is 0 Å². The Labute approximate surface area is 184 Å².